The monoisotopic (exact) mass is 539 g/mol. The maximum atomic E-state index is 12.7. The molecular weight excluding hydrogens is 518 g/mol. The highest BCUT2D eigenvalue weighted by Gasteiger charge is 2.39. The number of likely N-dealkylation sites (tertiary alicyclic amines) is 1. The molecule has 0 atom stereocenters. The van der Waals surface area contributed by atoms with Crippen LogP contribution in [0.15, 0.2) is 12.4 Å². The molecule has 14 heteroatoms. The van der Waals surface area contributed by atoms with Gasteiger partial charge in [-0.2, -0.15) is 13.2 Å². The number of carbonyl (C=O) groups excluding carboxylic acids is 1. The molecular formula is C18H23Cl3F3N3O4S. The van der Waals surface area contributed by atoms with Crippen molar-refractivity contribution in [3.8, 4) is 0 Å². The Morgan fingerprint density at radius 2 is 1.75 bits per heavy atom. The van der Waals surface area contributed by atoms with Crippen LogP contribution in [0, 0.1) is 5.92 Å². The van der Waals surface area contributed by atoms with Crippen LogP contribution in [-0.4, -0.2) is 65.3 Å². The van der Waals surface area contributed by atoms with Crippen molar-refractivity contribution in [3.63, 3.8) is 0 Å². The van der Waals surface area contributed by atoms with Crippen LogP contribution in [-0.2, 0) is 14.8 Å². The third kappa shape index (κ3) is 7.58. The van der Waals surface area contributed by atoms with E-state index in [2.05, 4.69) is 5.32 Å². The Hall–Kier alpha value is -0.880. The summed E-state index contributed by atoms with van der Waals surface area (Å²) in [6.07, 6.45) is -1.54. The zero-order valence-corrected chi connectivity index (χ0v) is 20.0. The lowest BCUT2D eigenvalue weighted by atomic mass is 9.99. The van der Waals surface area contributed by atoms with Crippen LogP contribution < -0.4 is 5.32 Å². The highest BCUT2D eigenvalue weighted by Crippen LogP contribution is 2.42. The van der Waals surface area contributed by atoms with E-state index in [1.807, 2.05) is 4.90 Å². The van der Waals surface area contributed by atoms with Gasteiger partial charge in [-0.15, -0.1) is 0 Å². The van der Waals surface area contributed by atoms with E-state index in [1.165, 1.54) is 12.4 Å². The molecule has 3 rings (SSSR count). The van der Waals surface area contributed by atoms with Gasteiger partial charge in [0.25, 0.3) is 0 Å². The number of aromatic nitrogens is 1. The van der Waals surface area contributed by atoms with E-state index in [9.17, 15) is 26.4 Å². The first-order valence-electron chi connectivity index (χ1n) is 9.98. The highest BCUT2D eigenvalue weighted by atomic mass is 35.6. The number of halogens is 6. The van der Waals surface area contributed by atoms with Crippen LogP contribution in [0.25, 0.3) is 0 Å². The van der Waals surface area contributed by atoms with E-state index in [1.54, 1.807) is 0 Å². The van der Waals surface area contributed by atoms with Crippen molar-refractivity contribution in [2.75, 3.05) is 32.0 Å². The van der Waals surface area contributed by atoms with Crippen molar-refractivity contribution in [2.45, 2.75) is 41.7 Å². The van der Waals surface area contributed by atoms with Gasteiger partial charge in [0.1, 0.15) is 6.61 Å². The SMILES string of the molecule is O=C(NC1c2cn(S(=O)(=O)CC3CCN(CCCC(F)(F)F)CC3)cc21)OCC(Cl)(Cl)Cl. The van der Waals surface area contributed by atoms with E-state index in [4.69, 9.17) is 39.5 Å². The van der Waals surface area contributed by atoms with Gasteiger partial charge in [-0.3, -0.25) is 3.97 Å². The first-order chi connectivity index (χ1) is 14.7. The molecule has 1 saturated heterocycles. The summed E-state index contributed by atoms with van der Waals surface area (Å²) < 4.78 is 66.4. The minimum atomic E-state index is -4.15. The van der Waals surface area contributed by atoms with Crippen LogP contribution in [0.2, 0.25) is 0 Å². The molecule has 1 fully saturated rings. The van der Waals surface area contributed by atoms with Crippen molar-refractivity contribution >= 4 is 50.9 Å². The Kier molecular flexibility index (Phi) is 7.86. The second-order valence-electron chi connectivity index (χ2n) is 8.05. The number of nitrogens with one attached hydrogen (secondary N) is 1. The molecule has 1 aliphatic heterocycles. The molecule has 0 aromatic carbocycles. The molecule has 0 unspecified atom stereocenters. The maximum Gasteiger partial charge on any atom is 0.408 e. The molecule has 32 heavy (non-hydrogen) atoms. The van der Waals surface area contributed by atoms with E-state index in [0.717, 1.165) is 3.97 Å². The minimum absolute atomic E-state index is 0.0413. The molecule has 2 aliphatic rings. The summed E-state index contributed by atoms with van der Waals surface area (Å²) in [5, 5.41) is 2.54. The number of alkyl carbamates (subject to hydrolysis) is 1. The van der Waals surface area contributed by atoms with Gasteiger partial charge in [0.15, 0.2) is 0 Å². The van der Waals surface area contributed by atoms with Crippen LogP contribution in [0.5, 0.6) is 0 Å². The van der Waals surface area contributed by atoms with Crippen LogP contribution in [0.4, 0.5) is 18.0 Å². The molecule has 2 heterocycles. The Labute approximate surface area is 199 Å². The van der Waals surface area contributed by atoms with Gasteiger partial charge in [0, 0.05) is 29.9 Å². The third-order valence-corrected chi connectivity index (χ3v) is 7.52. The fourth-order valence-corrected chi connectivity index (χ4v) is 5.57. The van der Waals surface area contributed by atoms with Crippen LogP contribution in [0.3, 0.4) is 0 Å². The number of ether oxygens (including phenoxy) is 1. The number of nitrogens with zero attached hydrogens (tertiary/aromatic N) is 2. The van der Waals surface area contributed by atoms with Gasteiger partial charge in [-0.25, -0.2) is 13.2 Å². The quantitative estimate of drug-likeness (QED) is 0.500. The lowest BCUT2D eigenvalue weighted by Gasteiger charge is -2.31. The fraction of sp³-hybridized carbons (Fsp3) is 0.722. The molecule has 0 spiro atoms. The van der Waals surface area contributed by atoms with E-state index >= 15 is 0 Å². The normalized spacial score (nSPS) is 18.4. The van der Waals surface area contributed by atoms with Crippen molar-refractivity contribution in [3.05, 3.63) is 23.5 Å². The molecule has 182 valence electrons. The lowest BCUT2D eigenvalue weighted by molar-refractivity contribution is -0.136. The van der Waals surface area contributed by atoms with Crippen molar-refractivity contribution in [1.29, 1.82) is 0 Å². The Balaban J connectivity index is 1.42. The molecule has 1 aliphatic carbocycles. The lowest BCUT2D eigenvalue weighted by Crippen LogP contribution is -2.37. The topological polar surface area (TPSA) is 80.6 Å². The second kappa shape index (κ2) is 9.77. The largest absolute Gasteiger partial charge is 0.445 e. The van der Waals surface area contributed by atoms with Gasteiger partial charge in [-0.1, -0.05) is 34.8 Å². The maximum absolute atomic E-state index is 12.7. The molecule has 1 N–H and O–H groups in total. The number of carbonyl (C=O) groups is 1. The average molecular weight is 541 g/mol. The smallest absolute Gasteiger partial charge is 0.408 e. The number of amides is 1. The van der Waals surface area contributed by atoms with Crippen LogP contribution in [0.1, 0.15) is 42.9 Å². The Morgan fingerprint density at radius 1 is 1.16 bits per heavy atom. The predicted molar refractivity (Wildman–Crippen MR) is 115 cm³/mol. The van der Waals surface area contributed by atoms with Gasteiger partial charge >= 0.3 is 12.3 Å². The zero-order valence-electron chi connectivity index (χ0n) is 16.9. The standard InChI is InChI=1S/C18H23Cl3F3N3O4S/c19-17(20,21)11-31-16(28)25-15-13-8-27(9-14(13)15)32(29,30)10-12-2-6-26(7-3-12)5-1-4-18(22,23)24/h8-9,12,15H,1-7,10-11H2,(H,25,28). The van der Waals surface area contributed by atoms with E-state index in [-0.39, 0.29) is 18.1 Å². The van der Waals surface area contributed by atoms with Gasteiger partial charge in [-0.05, 0) is 44.8 Å². The highest BCUT2D eigenvalue weighted by molar-refractivity contribution is 7.89. The van der Waals surface area contributed by atoms with Crippen molar-refractivity contribution < 1.29 is 31.1 Å². The number of hydrogen-bond acceptors (Lipinski definition) is 5. The molecule has 7 nitrogen and oxygen atoms in total. The third-order valence-electron chi connectivity index (χ3n) is 5.44. The molecule has 1 aromatic heterocycles. The molecule has 0 radical (unpaired) electrons. The van der Waals surface area contributed by atoms with Crippen LogP contribution >= 0.6 is 34.8 Å². The summed E-state index contributed by atoms with van der Waals surface area (Å²) in [6, 6.07) is -0.427. The summed E-state index contributed by atoms with van der Waals surface area (Å²) in [5.74, 6) is -0.0984. The van der Waals surface area contributed by atoms with E-state index in [0.29, 0.717) is 43.6 Å². The first-order valence-corrected chi connectivity index (χ1v) is 12.7. The Morgan fingerprint density at radius 3 is 2.28 bits per heavy atom. The van der Waals surface area contributed by atoms with Crippen molar-refractivity contribution in [2.24, 2.45) is 5.92 Å². The number of alkyl halides is 6. The van der Waals surface area contributed by atoms with Crippen molar-refractivity contribution in [1.82, 2.24) is 14.2 Å². The average Bonchev–Trinajstić information content (AvgIpc) is 3.08. The predicted octanol–water partition coefficient (Wildman–Crippen LogP) is 4.22. The number of hydrogen-bond donors (Lipinski definition) is 1. The Bertz CT molecular complexity index is 905. The second-order valence-corrected chi connectivity index (χ2v) is 12.5. The molecule has 1 amide bonds. The zero-order chi connectivity index (χ0) is 23.7. The number of fused-ring (bicyclic) bond motifs is 1. The first kappa shape index (κ1) is 25.7. The summed E-state index contributed by atoms with van der Waals surface area (Å²) in [5.41, 5.74) is 1.33. The number of rotatable bonds is 8. The molecule has 0 bridgehead atoms. The molecule has 0 saturated carbocycles. The summed E-state index contributed by atoms with van der Waals surface area (Å²) in [6.45, 7) is 1.11. The van der Waals surface area contributed by atoms with E-state index < -0.39 is 45.2 Å². The summed E-state index contributed by atoms with van der Waals surface area (Å²) in [7, 11) is -3.58. The van der Waals surface area contributed by atoms with Gasteiger partial charge < -0.3 is 15.0 Å². The summed E-state index contributed by atoms with van der Waals surface area (Å²) >= 11 is 16.5. The van der Waals surface area contributed by atoms with Gasteiger partial charge in [0.05, 0.1) is 11.8 Å². The fourth-order valence-electron chi connectivity index (χ4n) is 3.75. The molecule has 1 aromatic rings. The van der Waals surface area contributed by atoms with Gasteiger partial charge in [0.2, 0.25) is 13.8 Å². The number of piperidine rings is 1. The minimum Gasteiger partial charge on any atom is -0.445 e. The summed E-state index contributed by atoms with van der Waals surface area (Å²) in [4.78, 5) is 13.6.